The minimum absolute atomic E-state index is 0.122. The van der Waals surface area contributed by atoms with Crippen molar-refractivity contribution in [1.82, 2.24) is 4.90 Å². The smallest absolute Gasteiger partial charge is 0.242 e. The SMILES string of the molecule is Cc1ccc2c(c1)CCCN2CC(=O)N1CCC[C@H]1c1ccc2c(c1)OCCCO2. The lowest BCUT2D eigenvalue weighted by molar-refractivity contribution is -0.130. The number of likely N-dealkylation sites (tertiary alicyclic amines) is 1. The zero-order chi connectivity index (χ0) is 20.5. The first kappa shape index (κ1) is 19.3. The zero-order valence-electron chi connectivity index (χ0n) is 17.7. The Morgan fingerprint density at radius 3 is 2.77 bits per heavy atom. The van der Waals surface area contributed by atoms with Gasteiger partial charge in [-0.1, -0.05) is 23.8 Å². The number of nitrogens with zero attached hydrogens (tertiary/aromatic N) is 2. The summed E-state index contributed by atoms with van der Waals surface area (Å²) >= 11 is 0. The van der Waals surface area contributed by atoms with E-state index in [1.54, 1.807) is 0 Å². The Balaban J connectivity index is 1.33. The number of benzene rings is 2. The highest BCUT2D eigenvalue weighted by Gasteiger charge is 2.32. The highest BCUT2D eigenvalue weighted by molar-refractivity contribution is 5.83. The van der Waals surface area contributed by atoms with Gasteiger partial charge in [-0.05, 0) is 61.9 Å². The predicted octanol–water partition coefficient (Wildman–Crippen LogP) is 4.27. The molecule has 0 saturated carbocycles. The highest BCUT2D eigenvalue weighted by Crippen LogP contribution is 2.38. The first-order chi connectivity index (χ1) is 14.7. The molecule has 3 aliphatic rings. The lowest BCUT2D eigenvalue weighted by Gasteiger charge is -2.34. The maximum Gasteiger partial charge on any atom is 0.242 e. The fourth-order valence-corrected chi connectivity index (χ4v) is 5.02. The molecule has 5 heteroatoms. The van der Waals surface area contributed by atoms with E-state index in [1.165, 1.54) is 16.8 Å². The molecule has 3 heterocycles. The van der Waals surface area contributed by atoms with Gasteiger partial charge >= 0.3 is 0 Å². The van der Waals surface area contributed by atoms with Gasteiger partial charge in [-0.15, -0.1) is 0 Å². The summed E-state index contributed by atoms with van der Waals surface area (Å²) in [6, 6.07) is 12.9. The largest absolute Gasteiger partial charge is 0.490 e. The molecule has 0 unspecified atom stereocenters. The number of carbonyl (C=O) groups excluding carboxylic acids is 1. The summed E-state index contributed by atoms with van der Waals surface area (Å²) in [5.41, 5.74) is 5.04. The summed E-state index contributed by atoms with van der Waals surface area (Å²) < 4.78 is 11.6. The van der Waals surface area contributed by atoms with Crippen molar-refractivity contribution in [2.24, 2.45) is 0 Å². The fraction of sp³-hybridized carbons (Fsp3) is 0.480. The molecule has 0 aliphatic carbocycles. The average Bonchev–Trinajstić information content (AvgIpc) is 3.12. The molecule has 2 aromatic rings. The van der Waals surface area contributed by atoms with Gasteiger partial charge in [-0.25, -0.2) is 0 Å². The van der Waals surface area contributed by atoms with Crippen molar-refractivity contribution in [2.45, 2.75) is 45.1 Å². The van der Waals surface area contributed by atoms with Gasteiger partial charge in [0.1, 0.15) is 0 Å². The van der Waals surface area contributed by atoms with Gasteiger partial charge in [0, 0.05) is 25.2 Å². The third kappa shape index (κ3) is 3.73. The molecule has 5 nitrogen and oxygen atoms in total. The van der Waals surface area contributed by atoms with Crippen molar-refractivity contribution < 1.29 is 14.3 Å². The predicted molar refractivity (Wildman–Crippen MR) is 117 cm³/mol. The van der Waals surface area contributed by atoms with Crippen LogP contribution in [0.25, 0.3) is 0 Å². The number of fused-ring (bicyclic) bond motifs is 2. The molecule has 0 radical (unpaired) electrons. The van der Waals surface area contributed by atoms with E-state index in [0.717, 1.165) is 62.3 Å². The summed E-state index contributed by atoms with van der Waals surface area (Å²) in [6.45, 7) is 5.73. The molecule has 1 fully saturated rings. The Labute approximate surface area is 178 Å². The number of aryl methyl sites for hydroxylation is 2. The van der Waals surface area contributed by atoms with Crippen LogP contribution in [-0.2, 0) is 11.2 Å². The first-order valence-corrected chi connectivity index (χ1v) is 11.2. The van der Waals surface area contributed by atoms with Crippen LogP contribution in [0.1, 0.15) is 48.4 Å². The van der Waals surface area contributed by atoms with E-state index in [4.69, 9.17) is 9.47 Å². The Kier molecular flexibility index (Phi) is 5.28. The lowest BCUT2D eigenvalue weighted by atomic mass is 9.99. The third-order valence-corrected chi connectivity index (χ3v) is 6.51. The summed E-state index contributed by atoms with van der Waals surface area (Å²) in [4.78, 5) is 17.7. The number of ether oxygens (including phenoxy) is 2. The fourth-order valence-electron chi connectivity index (χ4n) is 5.02. The Morgan fingerprint density at radius 2 is 1.87 bits per heavy atom. The van der Waals surface area contributed by atoms with Crippen molar-refractivity contribution in [3.8, 4) is 11.5 Å². The molecule has 30 heavy (non-hydrogen) atoms. The summed E-state index contributed by atoms with van der Waals surface area (Å²) in [5.74, 6) is 1.84. The minimum atomic E-state index is 0.122. The van der Waals surface area contributed by atoms with Crippen LogP contribution in [0, 0.1) is 6.92 Å². The van der Waals surface area contributed by atoms with Gasteiger partial charge in [0.25, 0.3) is 0 Å². The number of carbonyl (C=O) groups is 1. The normalized spacial score (nSPS) is 20.6. The number of amides is 1. The Bertz CT molecular complexity index is 942. The second-order valence-corrected chi connectivity index (χ2v) is 8.66. The van der Waals surface area contributed by atoms with Crippen LogP contribution >= 0.6 is 0 Å². The summed E-state index contributed by atoms with van der Waals surface area (Å²) in [7, 11) is 0. The van der Waals surface area contributed by atoms with Gasteiger partial charge in [-0.3, -0.25) is 4.79 Å². The van der Waals surface area contributed by atoms with E-state index in [-0.39, 0.29) is 11.9 Å². The molecular weight excluding hydrogens is 376 g/mol. The standard InChI is InChI=1S/C25H30N2O3/c1-18-7-9-21-19(15-18)5-2-11-26(21)17-25(28)27-12-3-6-22(27)20-8-10-23-24(16-20)30-14-4-13-29-23/h7-10,15-16,22H,2-6,11-14,17H2,1H3/t22-/m0/s1. The topological polar surface area (TPSA) is 42.0 Å². The molecule has 0 bridgehead atoms. The van der Waals surface area contributed by atoms with E-state index in [9.17, 15) is 4.79 Å². The van der Waals surface area contributed by atoms with Crippen LogP contribution in [-0.4, -0.2) is 43.7 Å². The average molecular weight is 407 g/mol. The van der Waals surface area contributed by atoms with Crippen molar-refractivity contribution in [3.63, 3.8) is 0 Å². The van der Waals surface area contributed by atoms with Crippen LogP contribution in [0.2, 0.25) is 0 Å². The first-order valence-electron chi connectivity index (χ1n) is 11.2. The van der Waals surface area contributed by atoms with Gasteiger partial charge < -0.3 is 19.3 Å². The molecular formula is C25H30N2O3. The Hall–Kier alpha value is -2.69. The van der Waals surface area contributed by atoms with Crippen molar-refractivity contribution in [3.05, 3.63) is 53.1 Å². The Morgan fingerprint density at radius 1 is 1.00 bits per heavy atom. The molecule has 3 aliphatic heterocycles. The summed E-state index contributed by atoms with van der Waals surface area (Å²) in [6.07, 6.45) is 5.15. The molecule has 1 amide bonds. The lowest BCUT2D eigenvalue weighted by Crippen LogP contribution is -2.42. The van der Waals surface area contributed by atoms with Gasteiger partial charge in [0.05, 0.1) is 25.8 Å². The van der Waals surface area contributed by atoms with E-state index in [0.29, 0.717) is 19.8 Å². The van der Waals surface area contributed by atoms with E-state index >= 15 is 0 Å². The van der Waals surface area contributed by atoms with E-state index in [1.807, 2.05) is 6.07 Å². The van der Waals surface area contributed by atoms with Crippen LogP contribution < -0.4 is 14.4 Å². The van der Waals surface area contributed by atoms with Crippen LogP contribution in [0.4, 0.5) is 5.69 Å². The van der Waals surface area contributed by atoms with Crippen LogP contribution in [0.3, 0.4) is 0 Å². The van der Waals surface area contributed by atoms with Crippen LogP contribution in [0.5, 0.6) is 11.5 Å². The molecule has 5 rings (SSSR count). The molecule has 1 atom stereocenters. The third-order valence-electron chi connectivity index (χ3n) is 6.51. The molecule has 0 aromatic heterocycles. The van der Waals surface area contributed by atoms with Gasteiger partial charge in [0.2, 0.25) is 5.91 Å². The number of hydrogen-bond donors (Lipinski definition) is 0. The summed E-state index contributed by atoms with van der Waals surface area (Å²) in [5, 5.41) is 0. The monoisotopic (exact) mass is 406 g/mol. The van der Waals surface area contributed by atoms with Crippen LogP contribution in [0.15, 0.2) is 36.4 Å². The highest BCUT2D eigenvalue weighted by atomic mass is 16.5. The molecule has 1 saturated heterocycles. The number of rotatable bonds is 3. The van der Waals surface area contributed by atoms with E-state index < -0.39 is 0 Å². The maximum absolute atomic E-state index is 13.3. The minimum Gasteiger partial charge on any atom is -0.490 e. The van der Waals surface area contributed by atoms with E-state index in [2.05, 4.69) is 47.1 Å². The maximum atomic E-state index is 13.3. The second-order valence-electron chi connectivity index (χ2n) is 8.66. The van der Waals surface area contributed by atoms with Crippen molar-refractivity contribution >= 4 is 11.6 Å². The van der Waals surface area contributed by atoms with Gasteiger partial charge in [0.15, 0.2) is 11.5 Å². The molecule has 158 valence electrons. The zero-order valence-corrected chi connectivity index (χ0v) is 17.7. The second kappa shape index (κ2) is 8.21. The number of anilines is 1. The quantitative estimate of drug-likeness (QED) is 0.763. The van der Waals surface area contributed by atoms with Crippen molar-refractivity contribution in [2.75, 3.05) is 37.7 Å². The molecule has 2 aromatic carbocycles. The molecule has 0 N–H and O–H groups in total. The molecule has 0 spiro atoms. The number of hydrogen-bond acceptors (Lipinski definition) is 4. The van der Waals surface area contributed by atoms with Gasteiger partial charge in [-0.2, -0.15) is 0 Å². The van der Waals surface area contributed by atoms with Crippen molar-refractivity contribution in [1.29, 1.82) is 0 Å².